The molecule has 94 valence electrons. The van der Waals surface area contributed by atoms with Crippen molar-refractivity contribution in [2.45, 2.75) is 17.6 Å². The molecule has 0 heterocycles. The Morgan fingerprint density at radius 3 is 2.29 bits per heavy atom. The zero-order chi connectivity index (χ0) is 13.1. The third-order valence-electron chi connectivity index (χ3n) is 1.88. The summed E-state index contributed by atoms with van der Waals surface area (Å²) in [5.74, 6) is -1.12. The number of hydrogen-bond donors (Lipinski definition) is 1. The van der Waals surface area contributed by atoms with Crippen molar-refractivity contribution >= 4 is 17.6 Å². The molecule has 2 atom stereocenters. The van der Waals surface area contributed by atoms with Crippen LogP contribution >= 0.6 is 11.6 Å². The average molecular weight is 268 g/mol. The fraction of sp³-hybridized carbons (Fsp3) is 0.300. The number of hydrogen-bond acceptors (Lipinski definition) is 3. The molecule has 0 saturated carbocycles. The summed E-state index contributed by atoms with van der Waals surface area (Å²) in [7, 11) is 0. The van der Waals surface area contributed by atoms with Gasteiger partial charge in [0, 0.05) is 0 Å². The van der Waals surface area contributed by atoms with E-state index in [1.807, 2.05) is 0 Å². The molecule has 0 spiro atoms. The SMILES string of the molecule is N[C@@H]([C@@H](Cl)C(=O)Oc1ccccc1)C(F)(F)F. The Morgan fingerprint density at radius 1 is 1.29 bits per heavy atom. The average Bonchev–Trinajstić information content (AvgIpc) is 2.27. The van der Waals surface area contributed by atoms with E-state index in [-0.39, 0.29) is 5.75 Å². The maximum Gasteiger partial charge on any atom is 0.405 e. The Hall–Kier alpha value is -1.27. The Morgan fingerprint density at radius 2 is 1.82 bits per heavy atom. The minimum absolute atomic E-state index is 0.109. The maximum atomic E-state index is 12.2. The molecule has 0 unspecified atom stereocenters. The van der Waals surface area contributed by atoms with Crippen molar-refractivity contribution in [1.82, 2.24) is 0 Å². The number of ether oxygens (including phenoxy) is 1. The molecule has 0 bridgehead atoms. The molecule has 2 N–H and O–H groups in total. The van der Waals surface area contributed by atoms with Crippen molar-refractivity contribution < 1.29 is 22.7 Å². The molecule has 17 heavy (non-hydrogen) atoms. The first-order chi connectivity index (χ1) is 7.82. The second-order valence-electron chi connectivity index (χ2n) is 3.20. The summed E-state index contributed by atoms with van der Waals surface area (Å²) in [5.41, 5.74) is 4.79. The Bertz CT molecular complexity index is 383. The molecule has 1 aromatic rings. The summed E-state index contributed by atoms with van der Waals surface area (Å²) in [6.45, 7) is 0. The largest absolute Gasteiger partial charge is 0.425 e. The van der Waals surface area contributed by atoms with Gasteiger partial charge in [-0.25, -0.2) is 4.79 Å². The van der Waals surface area contributed by atoms with Gasteiger partial charge in [-0.3, -0.25) is 0 Å². The van der Waals surface area contributed by atoms with Crippen LogP contribution in [0.3, 0.4) is 0 Å². The number of alkyl halides is 4. The first-order valence-corrected chi connectivity index (χ1v) is 4.99. The van der Waals surface area contributed by atoms with E-state index >= 15 is 0 Å². The van der Waals surface area contributed by atoms with E-state index in [1.165, 1.54) is 12.1 Å². The van der Waals surface area contributed by atoms with Crippen molar-refractivity contribution in [3.05, 3.63) is 30.3 Å². The van der Waals surface area contributed by atoms with E-state index in [4.69, 9.17) is 17.3 Å². The fourth-order valence-electron chi connectivity index (χ4n) is 0.974. The monoisotopic (exact) mass is 267 g/mol. The lowest BCUT2D eigenvalue weighted by Gasteiger charge is -2.19. The lowest BCUT2D eigenvalue weighted by molar-refractivity contribution is -0.158. The van der Waals surface area contributed by atoms with Crippen molar-refractivity contribution in [2.75, 3.05) is 0 Å². The van der Waals surface area contributed by atoms with E-state index in [0.29, 0.717) is 0 Å². The Kier molecular flexibility index (Phi) is 4.36. The van der Waals surface area contributed by atoms with Gasteiger partial charge in [0.25, 0.3) is 0 Å². The minimum Gasteiger partial charge on any atom is -0.425 e. The number of benzene rings is 1. The molecule has 0 aliphatic heterocycles. The highest BCUT2D eigenvalue weighted by Crippen LogP contribution is 2.24. The summed E-state index contributed by atoms with van der Waals surface area (Å²) >= 11 is 5.30. The van der Waals surface area contributed by atoms with Crippen molar-refractivity contribution in [3.63, 3.8) is 0 Å². The van der Waals surface area contributed by atoms with Crippen molar-refractivity contribution in [2.24, 2.45) is 5.73 Å². The van der Waals surface area contributed by atoms with Gasteiger partial charge in [-0.1, -0.05) is 18.2 Å². The van der Waals surface area contributed by atoms with Crippen LogP contribution < -0.4 is 10.5 Å². The first-order valence-electron chi connectivity index (χ1n) is 4.55. The second kappa shape index (κ2) is 5.37. The Labute approximate surface area is 100 Å². The third-order valence-corrected chi connectivity index (χ3v) is 2.33. The zero-order valence-corrected chi connectivity index (χ0v) is 9.20. The van der Waals surface area contributed by atoms with Crippen LogP contribution in [0.4, 0.5) is 13.2 Å². The predicted molar refractivity (Wildman–Crippen MR) is 55.7 cm³/mol. The number of halogens is 4. The molecule has 1 rings (SSSR count). The quantitative estimate of drug-likeness (QED) is 0.518. The highest BCUT2D eigenvalue weighted by Gasteiger charge is 2.45. The van der Waals surface area contributed by atoms with Crippen LogP contribution in [-0.2, 0) is 4.79 Å². The van der Waals surface area contributed by atoms with Gasteiger partial charge in [0.2, 0.25) is 0 Å². The van der Waals surface area contributed by atoms with Gasteiger partial charge in [0.05, 0.1) is 0 Å². The second-order valence-corrected chi connectivity index (χ2v) is 3.67. The van der Waals surface area contributed by atoms with E-state index in [2.05, 4.69) is 4.74 Å². The van der Waals surface area contributed by atoms with Crippen molar-refractivity contribution in [1.29, 1.82) is 0 Å². The van der Waals surface area contributed by atoms with Crippen LogP contribution in [0.2, 0.25) is 0 Å². The molecule has 0 aliphatic rings. The van der Waals surface area contributed by atoms with Crippen LogP contribution in [0.15, 0.2) is 30.3 Å². The van der Waals surface area contributed by atoms with Gasteiger partial charge in [-0.2, -0.15) is 13.2 Å². The summed E-state index contributed by atoms with van der Waals surface area (Å²) < 4.78 is 41.2. The molecule has 1 aromatic carbocycles. The molecule has 0 fully saturated rings. The third kappa shape index (κ3) is 3.90. The van der Waals surface area contributed by atoms with Gasteiger partial charge in [0.1, 0.15) is 11.8 Å². The number of para-hydroxylation sites is 1. The number of nitrogens with two attached hydrogens (primary N) is 1. The molecule has 0 radical (unpaired) electrons. The highest BCUT2D eigenvalue weighted by molar-refractivity contribution is 6.30. The van der Waals surface area contributed by atoms with E-state index < -0.39 is 23.6 Å². The highest BCUT2D eigenvalue weighted by atomic mass is 35.5. The first kappa shape index (κ1) is 13.8. The van der Waals surface area contributed by atoms with Gasteiger partial charge < -0.3 is 10.5 Å². The van der Waals surface area contributed by atoms with E-state index in [0.717, 1.165) is 0 Å². The molecule has 7 heteroatoms. The molecule has 0 amide bonds. The minimum atomic E-state index is -4.75. The molecular formula is C10H9ClF3NO2. The summed E-state index contributed by atoms with van der Waals surface area (Å²) in [4.78, 5) is 11.3. The summed E-state index contributed by atoms with van der Waals surface area (Å²) in [5, 5.41) is -1.98. The zero-order valence-electron chi connectivity index (χ0n) is 8.45. The van der Waals surface area contributed by atoms with Crippen LogP contribution in [0.25, 0.3) is 0 Å². The maximum absolute atomic E-state index is 12.2. The molecular weight excluding hydrogens is 259 g/mol. The predicted octanol–water partition coefficient (Wildman–Crippen LogP) is 2.09. The van der Waals surface area contributed by atoms with E-state index in [1.54, 1.807) is 18.2 Å². The number of rotatable bonds is 3. The van der Waals surface area contributed by atoms with Gasteiger partial charge in [-0.15, -0.1) is 11.6 Å². The molecule has 3 nitrogen and oxygen atoms in total. The molecule has 0 aromatic heterocycles. The van der Waals surface area contributed by atoms with E-state index in [9.17, 15) is 18.0 Å². The molecule has 0 saturated heterocycles. The normalized spacial score (nSPS) is 15.1. The Balaban J connectivity index is 2.65. The standard InChI is InChI=1S/C10H9ClF3NO2/c11-7(8(15)10(12,13)14)9(16)17-6-4-2-1-3-5-6/h1-5,7-8H,15H2/t7-,8+/m1/s1. The lowest BCUT2D eigenvalue weighted by atomic mass is 10.2. The van der Waals surface area contributed by atoms with Gasteiger partial charge >= 0.3 is 12.1 Å². The summed E-state index contributed by atoms with van der Waals surface area (Å²) in [6, 6.07) is 5.17. The van der Waals surface area contributed by atoms with Gasteiger partial charge in [-0.05, 0) is 12.1 Å². The fourth-order valence-corrected chi connectivity index (χ4v) is 1.16. The van der Waals surface area contributed by atoms with Crippen LogP contribution in [0.5, 0.6) is 5.75 Å². The molecule has 0 aliphatic carbocycles. The topological polar surface area (TPSA) is 52.3 Å². The number of carbonyl (C=O) groups is 1. The van der Waals surface area contributed by atoms with Crippen LogP contribution in [0.1, 0.15) is 0 Å². The van der Waals surface area contributed by atoms with Crippen LogP contribution in [0, 0.1) is 0 Å². The summed E-state index contributed by atoms with van der Waals surface area (Å²) in [6.07, 6.45) is -4.75. The number of esters is 1. The smallest absolute Gasteiger partial charge is 0.405 e. The van der Waals surface area contributed by atoms with Gasteiger partial charge in [0.15, 0.2) is 5.38 Å². The van der Waals surface area contributed by atoms with Crippen molar-refractivity contribution in [3.8, 4) is 5.75 Å². The van der Waals surface area contributed by atoms with Crippen LogP contribution in [-0.4, -0.2) is 23.6 Å². The number of carbonyl (C=O) groups excluding carboxylic acids is 1. The lowest BCUT2D eigenvalue weighted by Crippen LogP contribution is -2.49.